The molecule has 4 aromatic rings. The summed E-state index contributed by atoms with van der Waals surface area (Å²) < 4.78 is 11.7. The van der Waals surface area contributed by atoms with Crippen LogP contribution in [0.15, 0.2) is 94.3 Å². The van der Waals surface area contributed by atoms with Crippen LogP contribution < -0.4 is 4.74 Å². The Morgan fingerprint density at radius 3 is 2.31 bits per heavy atom. The van der Waals surface area contributed by atoms with Crippen molar-refractivity contribution in [1.29, 1.82) is 0 Å². The maximum atomic E-state index is 12.4. The number of carbonyl (C=O) groups excluding carboxylic acids is 1. The summed E-state index contributed by atoms with van der Waals surface area (Å²) in [5.41, 5.74) is 3.79. The minimum atomic E-state index is -1.03. The number of ketones is 1. The first-order valence-electron chi connectivity index (χ1n) is 13.0. The highest BCUT2D eigenvalue weighted by Gasteiger charge is 2.18. The van der Waals surface area contributed by atoms with Gasteiger partial charge in [-0.25, -0.2) is 9.78 Å². The third-order valence-corrected chi connectivity index (χ3v) is 6.27. The molecule has 0 unspecified atom stereocenters. The summed E-state index contributed by atoms with van der Waals surface area (Å²) in [6.07, 6.45) is 1.83. The Morgan fingerprint density at radius 1 is 0.974 bits per heavy atom. The maximum absolute atomic E-state index is 12.4. The van der Waals surface area contributed by atoms with Crippen molar-refractivity contribution in [3.05, 3.63) is 108 Å². The normalized spacial score (nSPS) is 12.2. The number of aliphatic carboxylic acids is 1. The van der Waals surface area contributed by atoms with Gasteiger partial charge in [-0.1, -0.05) is 60.7 Å². The number of ether oxygens (including phenoxy) is 1. The molecule has 1 N–H and O–H groups in total. The predicted octanol–water partition coefficient (Wildman–Crippen LogP) is 6.39. The number of nitrogens with zero attached hydrogens (tertiary/aromatic N) is 2. The average Bonchev–Trinajstić information content (AvgIpc) is 3.32. The van der Waals surface area contributed by atoms with Crippen LogP contribution in [0.4, 0.5) is 0 Å². The number of hydrogen-bond acceptors (Lipinski definition) is 6. The van der Waals surface area contributed by atoms with E-state index in [1.165, 1.54) is 0 Å². The zero-order chi connectivity index (χ0) is 27.6. The lowest BCUT2D eigenvalue weighted by molar-refractivity contribution is -0.138. The number of hydrogen-bond donors (Lipinski definition) is 1. The molecule has 0 aliphatic rings. The molecule has 4 rings (SSSR count). The van der Waals surface area contributed by atoms with Gasteiger partial charge in [0.1, 0.15) is 11.5 Å². The summed E-state index contributed by atoms with van der Waals surface area (Å²) >= 11 is 0. The van der Waals surface area contributed by atoms with Gasteiger partial charge in [-0.2, -0.15) is 0 Å². The van der Waals surface area contributed by atoms with Crippen LogP contribution in [0, 0.1) is 6.92 Å². The minimum Gasteiger partial charge on any atom is -0.494 e. The summed E-state index contributed by atoms with van der Waals surface area (Å²) in [7, 11) is 0. The fourth-order valence-electron chi connectivity index (χ4n) is 4.20. The lowest BCUT2D eigenvalue weighted by Crippen LogP contribution is -2.22. The summed E-state index contributed by atoms with van der Waals surface area (Å²) in [6.45, 7) is 4.13. The molecule has 7 heteroatoms. The summed E-state index contributed by atoms with van der Waals surface area (Å²) in [6, 6.07) is 25.1. The number of aromatic nitrogens is 1. The number of aliphatic imine (C=N–C) groups is 1. The van der Waals surface area contributed by atoms with E-state index < -0.39 is 12.0 Å². The highest BCUT2D eigenvalue weighted by Crippen LogP contribution is 2.22. The van der Waals surface area contributed by atoms with Crippen LogP contribution in [0.5, 0.6) is 5.75 Å². The summed E-state index contributed by atoms with van der Waals surface area (Å²) in [5, 5.41) is 9.68. The number of benzene rings is 3. The molecular formula is C32H32N2O5. The Bertz CT molecular complexity index is 1410. The van der Waals surface area contributed by atoms with Gasteiger partial charge >= 0.3 is 5.97 Å². The minimum absolute atomic E-state index is 0.0853. The van der Waals surface area contributed by atoms with Gasteiger partial charge < -0.3 is 14.3 Å². The third-order valence-electron chi connectivity index (χ3n) is 6.27. The highest BCUT2D eigenvalue weighted by atomic mass is 16.5. The van der Waals surface area contributed by atoms with E-state index in [-0.39, 0.29) is 18.6 Å². The predicted molar refractivity (Wildman–Crippen MR) is 151 cm³/mol. The Kier molecular flexibility index (Phi) is 9.40. The average molecular weight is 525 g/mol. The first-order valence-corrected chi connectivity index (χ1v) is 13.0. The Balaban J connectivity index is 1.26. The van der Waals surface area contributed by atoms with Crippen LogP contribution in [0.3, 0.4) is 0 Å². The van der Waals surface area contributed by atoms with Crippen LogP contribution in [0.1, 0.15) is 47.1 Å². The molecule has 0 saturated heterocycles. The molecule has 1 atom stereocenters. The van der Waals surface area contributed by atoms with Gasteiger partial charge in [0.05, 0.1) is 12.3 Å². The fraction of sp³-hybridized carbons (Fsp3) is 0.250. The Labute approximate surface area is 228 Å². The Hall–Kier alpha value is -4.52. The summed E-state index contributed by atoms with van der Waals surface area (Å²) in [4.78, 5) is 33.2. The molecule has 0 spiro atoms. The summed E-state index contributed by atoms with van der Waals surface area (Å²) in [5.74, 6) is 1.04. The van der Waals surface area contributed by atoms with Crippen molar-refractivity contribution in [2.45, 2.75) is 45.6 Å². The van der Waals surface area contributed by atoms with Gasteiger partial charge in [0, 0.05) is 29.7 Å². The van der Waals surface area contributed by atoms with E-state index in [9.17, 15) is 14.7 Å². The molecule has 0 fully saturated rings. The third kappa shape index (κ3) is 7.98. The second-order valence-corrected chi connectivity index (χ2v) is 9.37. The van der Waals surface area contributed by atoms with Crippen molar-refractivity contribution < 1.29 is 23.8 Å². The molecule has 39 heavy (non-hydrogen) atoms. The number of oxazole rings is 1. The second kappa shape index (κ2) is 13.3. The SMILES string of the molecule is CC(CC(=O)c1ccccc1)=N[C@@H](Cc1ccc(OCCCc2nc(-c3ccccc3)oc2C)cc1)C(=O)O. The van der Waals surface area contributed by atoms with Crippen molar-refractivity contribution in [1.82, 2.24) is 4.98 Å². The van der Waals surface area contributed by atoms with Crippen LogP contribution in [-0.4, -0.2) is 40.2 Å². The molecule has 0 radical (unpaired) electrons. The molecule has 200 valence electrons. The topological polar surface area (TPSA) is 102 Å². The molecule has 0 bridgehead atoms. The van der Waals surface area contributed by atoms with Gasteiger partial charge in [0.2, 0.25) is 5.89 Å². The van der Waals surface area contributed by atoms with Crippen molar-refractivity contribution in [3.63, 3.8) is 0 Å². The molecule has 1 heterocycles. The van der Waals surface area contributed by atoms with Gasteiger partial charge in [-0.3, -0.25) is 9.79 Å². The smallest absolute Gasteiger partial charge is 0.328 e. The van der Waals surface area contributed by atoms with Gasteiger partial charge in [0.25, 0.3) is 0 Å². The number of carbonyl (C=O) groups is 2. The number of carboxylic acids is 1. The van der Waals surface area contributed by atoms with E-state index in [1.807, 2.05) is 67.6 Å². The second-order valence-electron chi connectivity index (χ2n) is 9.37. The van der Waals surface area contributed by atoms with Crippen LogP contribution >= 0.6 is 0 Å². The number of aryl methyl sites for hydroxylation is 2. The Morgan fingerprint density at radius 2 is 1.64 bits per heavy atom. The van der Waals surface area contributed by atoms with E-state index in [2.05, 4.69) is 9.98 Å². The van der Waals surface area contributed by atoms with Crippen LogP contribution in [0.25, 0.3) is 11.5 Å². The van der Waals surface area contributed by atoms with E-state index in [0.29, 0.717) is 29.5 Å². The number of carboxylic acid groups (broad SMARTS) is 1. The number of rotatable bonds is 13. The molecule has 1 aromatic heterocycles. The molecular weight excluding hydrogens is 492 g/mol. The molecule has 0 amide bonds. The van der Waals surface area contributed by atoms with E-state index in [4.69, 9.17) is 9.15 Å². The van der Waals surface area contributed by atoms with Gasteiger partial charge in [-0.15, -0.1) is 0 Å². The molecule has 0 saturated carbocycles. The zero-order valence-electron chi connectivity index (χ0n) is 22.2. The standard InChI is InChI=1S/C32H32N2O5/c1-22(20-30(35)25-10-5-3-6-11-25)33-29(32(36)37)21-24-15-17-27(18-16-24)38-19-9-14-28-23(2)39-31(34-28)26-12-7-4-8-13-26/h3-8,10-13,15-18,29H,9,14,19-21H2,1-2H3,(H,36,37)/t29-/m0/s1. The largest absolute Gasteiger partial charge is 0.494 e. The van der Waals surface area contributed by atoms with E-state index in [0.717, 1.165) is 35.4 Å². The highest BCUT2D eigenvalue weighted by molar-refractivity contribution is 6.09. The first-order chi connectivity index (χ1) is 18.9. The van der Waals surface area contributed by atoms with Gasteiger partial charge in [-0.05, 0) is 56.5 Å². The van der Waals surface area contributed by atoms with Crippen molar-refractivity contribution in [2.24, 2.45) is 4.99 Å². The lowest BCUT2D eigenvalue weighted by atomic mass is 10.0. The quantitative estimate of drug-likeness (QED) is 0.123. The van der Waals surface area contributed by atoms with Crippen molar-refractivity contribution in [3.8, 4) is 17.2 Å². The molecule has 0 aliphatic heterocycles. The molecule has 7 nitrogen and oxygen atoms in total. The van der Waals surface area contributed by atoms with Crippen LogP contribution in [-0.2, 0) is 17.6 Å². The lowest BCUT2D eigenvalue weighted by Gasteiger charge is -2.11. The monoisotopic (exact) mass is 524 g/mol. The molecule has 3 aromatic carbocycles. The first kappa shape index (κ1) is 27.5. The van der Waals surface area contributed by atoms with E-state index in [1.54, 1.807) is 31.2 Å². The maximum Gasteiger partial charge on any atom is 0.328 e. The van der Waals surface area contributed by atoms with Crippen molar-refractivity contribution >= 4 is 17.5 Å². The number of Topliss-reactive ketones (excluding diaryl/α,β-unsaturated/α-hetero) is 1. The van der Waals surface area contributed by atoms with Crippen molar-refractivity contribution in [2.75, 3.05) is 6.61 Å². The van der Waals surface area contributed by atoms with E-state index >= 15 is 0 Å². The zero-order valence-corrected chi connectivity index (χ0v) is 22.2. The van der Waals surface area contributed by atoms with Crippen LogP contribution in [0.2, 0.25) is 0 Å². The molecule has 0 aliphatic carbocycles. The fourth-order valence-corrected chi connectivity index (χ4v) is 4.20. The van der Waals surface area contributed by atoms with Gasteiger partial charge in [0.15, 0.2) is 11.8 Å².